The fourth-order valence-corrected chi connectivity index (χ4v) is 4.83. The SMILES string of the molecule is COc1ccccc1-c1c[nH]c2ncc(-c3cc(F)cc(C(=O)N4CCN(CCN(C)C)CC4)c3)cc12. The van der Waals surface area contributed by atoms with Crippen molar-refractivity contribution < 1.29 is 13.9 Å². The Kier molecular flexibility index (Phi) is 7.21. The number of benzene rings is 2. The summed E-state index contributed by atoms with van der Waals surface area (Å²) in [5.41, 5.74) is 4.33. The number of rotatable bonds is 7. The fraction of sp³-hybridized carbons (Fsp3) is 0.310. The first-order valence-electron chi connectivity index (χ1n) is 12.5. The molecule has 7 nitrogen and oxygen atoms in total. The Morgan fingerprint density at radius 3 is 2.59 bits per heavy atom. The molecule has 2 aromatic heterocycles. The van der Waals surface area contributed by atoms with Crippen LogP contribution < -0.4 is 4.74 Å². The van der Waals surface area contributed by atoms with E-state index in [9.17, 15) is 9.18 Å². The maximum atomic E-state index is 14.7. The molecule has 1 aliphatic heterocycles. The van der Waals surface area contributed by atoms with Gasteiger partial charge in [0.15, 0.2) is 0 Å². The Morgan fingerprint density at radius 1 is 1.05 bits per heavy atom. The minimum Gasteiger partial charge on any atom is -0.496 e. The average Bonchev–Trinajstić information content (AvgIpc) is 3.34. The van der Waals surface area contributed by atoms with E-state index in [1.807, 2.05) is 41.4 Å². The van der Waals surface area contributed by atoms with E-state index in [1.165, 1.54) is 12.1 Å². The van der Waals surface area contributed by atoms with Gasteiger partial charge in [0.25, 0.3) is 5.91 Å². The summed E-state index contributed by atoms with van der Waals surface area (Å²) in [6, 6.07) is 14.3. The van der Waals surface area contributed by atoms with E-state index < -0.39 is 5.82 Å². The number of carbonyl (C=O) groups is 1. The number of nitrogens with one attached hydrogen (secondary N) is 1. The standard InChI is InChI=1S/C29H32FN5O2/c1-33(2)8-9-34-10-12-35(13-11-34)29(36)21-14-20(15-23(30)16-21)22-17-25-26(19-32-28(25)31-18-22)24-6-4-5-7-27(24)37-3/h4-7,14-19H,8-13H2,1-3H3,(H,31,32). The van der Waals surface area contributed by atoms with Crippen molar-refractivity contribution in [3.8, 4) is 28.0 Å². The van der Waals surface area contributed by atoms with Crippen LogP contribution in [0.3, 0.4) is 0 Å². The molecule has 0 saturated carbocycles. The van der Waals surface area contributed by atoms with Gasteiger partial charge in [-0.3, -0.25) is 9.69 Å². The third kappa shape index (κ3) is 5.35. The van der Waals surface area contributed by atoms with Crippen molar-refractivity contribution >= 4 is 16.9 Å². The number of para-hydroxylation sites is 1. The maximum absolute atomic E-state index is 14.7. The van der Waals surface area contributed by atoms with Gasteiger partial charge in [-0.2, -0.15) is 0 Å². The van der Waals surface area contributed by atoms with Crippen molar-refractivity contribution in [2.75, 3.05) is 60.5 Å². The highest BCUT2D eigenvalue weighted by atomic mass is 19.1. The van der Waals surface area contributed by atoms with Crippen LogP contribution >= 0.6 is 0 Å². The molecule has 1 saturated heterocycles. The summed E-state index contributed by atoms with van der Waals surface area (Å²) in [7, 11) is 5.76. The van der Waals surface area contributed by atoms with Crippen molar-refractivity contribution in [3.63, 3.8) is 0 Å². The number of nitrogens with zero attached hydrogens (tertiary/aromatic N) is 4. The zero-order valence-electron chi connectivity index (χ0n) is 21.5. The number of fused-ring (bicyclic) bond motifs is 1. The number of methoxy groups -OCH3 is 1. The number of ether oxygens (including phenoxy) is 1. The van der Waals surface area contributed by atoms with E-state index in [1.54, 1.807) is 19.4 Å². The summed E-state index contributed by atoms with van der Waals surface area (Å²) in [5, 5.41) is 0.896. The normalized spacial score (nSPS) is 14.5. The van der Waals surface area contributed by atoms with E-state index in [0.29, 0.717) is 24.2 Å². The quantitative estimate of drug-likeness (QED) is 0.408. The molecule has 8 heteroatoms. The van der Waals surface area contributed by atoms with Crippen LogP contribution in [0, 0.1) is 5.82 Å². The maximum Gasteiger partial charge on any atom is 0.254 e. The van der Waals surface area contributed by atoms with E-state index in [0.717, 1.165) is 59.7 Å². The number of carbonyl (C=O) groups excluding carboxylic acids is 1. The molecule has 0 radical (unpaired) electrons. The highest BCUT2D eigenvalue weighted by Crippen LogP contribution is 2.36. The summed E-state index contributed by atoms with van der Waals surface area (Å²) in [5.74, 6) is 0.178. The highest BCUT2D eigenvalue weighted by molar-refractivity contribution is 5.98. The van der Waals surface area contributed by atoms with Crippen LogP contribution in [-0.4, -0.2) is 91.0 Å². The number of likely N-dealkylation sites (N-methyl/N-ethyl adjacent to an activating group) is 1. The number of piperazine rings is 1. The number of hydrogen-bond donors (Lipinski definition) is 1. The molecule has 1 N–H and O–H groups in total. The first-order chi connectivity index (χ1) is 17.9. The molecular weight excluding hydrogens is 469 g/mol. The highest BCUT2D eigenvalue weighted by Gasteiger charge is 2.23. The van der Waals surface area contributed by atoms with Crippen molar-refractivity contribution in [2.45, 2.75) is 0 Å². The topological polar surface area (TPSA) is 64.7 Å². The molecule has 2 aromatic carbocycles. The molecule has 1 aliphatic rings. The lowest BCUT2D eigenvalue weighted by Gasteiger charge is -2.35. The number of aromatic amines is 1. The van der Waals surface area contributed by atoms with Gasteiger partial charge in [0, 0.05) is 79.3 Å². The van der Waals surface area contributed by atoms with Crippen LogP contribution in [0.2, 0.25) is 0 Å². The molecule has 37 heavy (non-hydrogen) atoms. The van der Waals surface area contributed by atoms with Crippen LogP contribution in [0.25, 0.3) is 33.3 Å². The van der Waals surface area contributed by atoms with Crippen molar-refractivity contribution in [1.82, 2.24) is 24.7 Å². The van der Waals surface area contributed by atoms with E-state index in [4.69, 9.17) is 4.74 Å². The van der Waals surface area contributed by atoms with E-state index >= 15 is 0 Å². The molecule has 4 aromatic rings. The summed E-state index contributed by atoms with van der Waals surface area (Å²) in [6.07, 6.45) is 3.61. The zero-order chi connectivity index (χ0) is 25.9. The fourth-order valence-electron chi connectivity index (χ4n) is 4.83. The minimum absolute atomic E-state index is 0.140. The first-order valence-corrected chi connectivity index (χ1v) is 12.5. The van der Waals surface area contributed by atoms with Gasteiger partial charge in [-0.25, -0.2) is 9.37 Å². The number of aromatic nitrogens is 2. The molecule has 0 spiro atoms. The minimum atomic E-state index is -0.440. The molecule has 0 bridgehead atoms. The van der Waals surface area contributed by atoms with Gasteiger partial charge in [0.05, 0.1) is 7.11 Å². The molecule has 3 heterocycles. The molecule has 1 fully saturated rings. The zero-order valence-corrected chi connectivity index (χ0v) is 21.5. The molecule has 192 valence electrons. The number of pyridine rings is 1. The Labute approximate surface area is 216 Å². The third-order valence-electron chi connectivity index (χ3n) is 6.93. The molecule has 0 aliphatic carbocycles. The largest absolute Gasteiger partial charge is 0.496 e. The van der Waals surface area contributed by atoms with Gasteiger partial charge in [0.2, 0.25) is 0 Å². The predicted molar refractivity (Wildman–Crippen MR) is 144 cm³/mol. The number of hydrogen-bond acceptors (Lipinski definition) is 5. The van der Waals surface area contributed by atoms with Gasteiger partial charge >= 0.3 is 0 Å². The lowest BCUT2D eigenvalue weighted by Crippen LogP contribution is -2.50. The predicted octanol–water partition coefficient (Wildman–Crippen LogP) is 4.36. The molecule has 5 rings (SSSR count). The van der Waals surface area contributed by atoms with Crippen LogP contribution in [-0.2, 0) is 0 Å². The first kappa shape index (κ1) is 24.9. The summed E-state index contributed by atoms with van der Waals surface area (Å²) in [6.45, 7) is 4.88. The number of amides is 1. The lowest BCUT2D eigenvalue weighted by molar-refractivity contribution is 0.0629. The summed E-state index contributed by atoms with van der Waals surface area (Å²) >= 11 is 0. The Balaban J connectivity index is 1.41. The molecule has 0 atom stereocenters. The van der Waals surface area contributed by atoms with Crippen molar-refractivity contribution in [1.29, 1.82) is 0 Å². The second kappa shape index (κ2) is 10.7. The van der Waals surface area contributed by atoms with Crippen LogP contribution in [0.5, 0.6) is 5.75 Å². The van der Waals surface area contributed by atoms with Gasteiger partial charge in [-0.15, -0.1) is 0 Å². The van der Waals surface area contributed by atoms with Gasteiger partial charge < -0.3 is 19.5 Å². The Bertz CT molecular complexity index is 1410. The third-order valence-corrected chi connectivity index (χ3v) is 6.93. The number of H-pyrrole nitrogens is 1. The van der Waals surface area contributed by atoms with Crippen LogP contribution in [0.4, 0.5) is 4.39 Å². The van der Waals surface area contributed by atoms with Crippen LogP contribution in [0.15, 0.2) is 60.9 Å². The van der Waals surface area contributed by atoms with Gasteiger partial charge in [-0.1, -0.05) is 18.2 Å². The number of halogens is 1. The Hall–Kier alpha value is -3.75. The van der Waals surface area contributed by atoms with E-state index in [2.05, 4.69) is 33.9 Å². The van der Waals surface area contributed by atoms with Crippen molar-refractivity contribution in [3.05, 3.63) is 72.3 Å². The summed E-state index contributed by atoms with van der Waals surface area (Å²) in [4.78, 5) is 27.4. The van der Waals surface area contributed by atoms with Crippen molar-refractivity contribution in [2.24, 2.45) is 0 Å². The molecule has 0 unspecified atom stereocenters. The van der Waals surface area contributed by atoms with Crippen LogP contribution in [0.1, 0.15) is 10.4 Å². The van der Waals surface area contributed by atoms with Gasteiger partial charge in [-0.05, 0) is 50.0 Å². The lowest BCUT2D eigenvalue weighted by atomic mass is 10.00. The average molecular weight is 502 g/mol. The Morgan fingerprint density at radius 2 is 1.84 bits per heavy atom. The smallest absolute Gasteiger partial charge is 0.254 e. The second-order valence-corrected chi connectivity index (χ2v) is 9.69. The molecular formula is C29H32FN5O2. The summed E-state index contributed by atoms with van der Waals surface area (Å²) < 4.78 is 20.3. The molecule has 1 amide bonds. The van der Waals surface area contributed by atoms with E-state index in [-0.39, 0.29) is 5.91 Å². The monoisotopic (exact) mass is 501 g/mol. The second-order valence-electron chi connectivity index (χ2n) is 9.69. The van der Waals surface area contributed by atoms with Gasteiger partial charge in [0.1, 0.15) is 17.2 Å².